The van der Waals surface area contributed by atoms with E-state index >= 15 is 0 Å². The van der Waals surface area contributed by atoms with Gasteiger partial charge in [0.05, 0.1) is 17.0 Å². The van der Waals surface area contributed by atoms with Crippen LogP contribution in [0.1, 0.15) is 49.6 Å². The lowest BCUT2D eigenvalue weighted by atomic mass is 10.1. The third kappa shape index (κ3) is 5.87. The Morgan fingerprint density at radius 1 is 1.06 bits per heavy atom. The summed E-state index contributed by atoms with van der Waals surface area (Å²) in [5, 5.41) is 0. The van der Waals surface area contributed by atoms with Crippen molar-refractivity contribution in [3.63, 3.8) is 0 Å². The molecule has 1 aromatic heterocycles. The van der Waals surface area contributed by atoms with Crippen molar-refractivity contribution in [3.8, 4) is 22.8 Å². The van der Waals surface area contributed by atoms with E-state index in [1.54, 1.807) is 24.3 Å². The van der Waals surface area contributed by atoms with Crippen molar-refractivity contribution in [2.75, 3.05) is 0 Å². The number of aryl methyl sites for hydroxylation is 1. The van der Waals surface area contributed by atoms with E-state index in [0.29, 0.717) is 34.9 Å². The number of ether oxygens (including phenoxy) is 2. The molecule has 0 saturated carbocycles. The van der Waals surface area contributed by atoms with Gasteiger partial charge in [0.1, 0.15) is 17.6 Å². The van der Waals surface area contributed by atoms with Crippen molar-refractivity contribution in [1.29, 1.82) is 0 Å². The van der Waals surface area contributed by atoms with Gasteiger partial charge in [-0.25, -0.2) is 4.98 Å². The number of carbonyl (C=O) groups is 1. The molecule has 0 bridgehead atoms. The number of rotatable bonds is 7. The van der Waals surface area contributed by atoms with Gasteiger partial charge in [0.25, 0.3) is 0 Å². The van der Waals surface area contributed by atoms with Crippen LogP contribution >= 0.6 is 0 Å². The van der Waals surface area contributed by atoms with E-state index in [1.807, 2.05) is 26.0 Å². The summed E-state index contributed by atoms with van der Waals surface area (Å²) >= 11 is 0. The standard InChI is InChI=1S/C25H24F3NO3/c1-4-6-24(32-20-13-14-23(16(2)15-20)31-17(3)30)22-8-5-7-21(29-22)18-9-11-19(12-10-18)25(26,27)28/h5,7-15,24H,4,6H2,1-3H3. The van der Waals surface area contributed by atoms with E-state index in [2.05, 4.69) is 4.98 Å². The van der Waals surface area contributed by atoms with Crippen molar-refractivity contribution in [1.82, 2.24) is 4.98 Å². The van der Waals surface area contributed by atoms with Crippen LogP contribution in [0.5, 0.6) is 11.5 Å². The Hall–Kier alpha value is -3.35. The topological polar surface area (TPSA) is 48.4 Å². The summed E-state index contributed by atoms with van der Waals surface area (Å²) in [7, 11) is 0. The largest absolute Gasteiger partial charge is 0.484 e. The fourth-order valence-corrected chi connectivity index (χ4v) is 3.28. The number of halogens is 3. The predicted molar refractivity (Wildman–Crippen MR) is 115 cm³/mol. The average molecular weight is 443 g/mol. The molecule has 32 heavy (non-hydrogen) atoms. The number of esters is 1. The molecule has 0 aliphatic heterocycles. The Labute approximate surface area is 185 Å². The zero-order valence-electron chi connectivity index (χ0n) is 18.1. The highest BCUT2D eigenvalue weighted by Crippen LogP contribution is 2.32. The van der Waals surface area contributed by atoms with Crippen molar-refractivity contribution in [3.05, 3.63) is 77.5 Å². The second-order valence-electron chi connectivity index (χ2n) is 7.44. The van der Waals surface area contributed by atoms with Gasteiger partial charge in [-0.2, -0.15) is 13.2 Å². The number of alkyl halides is 3. The van der Waals surface area contributed by atoms with Crippen LogP contribution in [-0.2, 0) is 11.0 Å². The SMILES string of the molecule is CCCC(Oc1ccc(OC(C)=O)c(C)c1)c1cccc(-c2ccc(C(F)(F)F)cc2)n1. The molecule has 7 heteroatoms. The Balaban J connectivity index is 1.84. The van der Waals surface area contributed by atoms with Crippen molar-refractivity contribution < 1.29 is 27.4 Å². The van der Waals surface area contributed by atoms with Gasteiger partial charge in [0.15, 0.2) is 0 Å². The molecule has 4 nitrogen and oxygen atoms in total. The van der Waals surface area contributed by atoms with Crippen molar-refractivity contribution >= 4 is 5.97 Å². The fourth-order valence-electron chi connectivity index (χ4n) is 3.28. The molecule has 0 radical (unpaired) electrons. The highest BCUT2D eigenvalue weighted by molar-refractivity contribution is 5.69. The lowest BCUT2D eigenvalue weighted by Crippen LogP contribution is -2.10. The highest BCUT2D eigenvalue weighted by atomic mass is 19.4. The smallest absolute Gasteiger partial charge is 0.416 e. The highest BCUT2D eigenvalue weighted by Gasteiger charge is 2.30. The summed E-state index contributed by atoms with van der Waals surface area (Å²) in [4.78, 5) is 15.9. The van der Waals surface area contributed by atoms with Crippen LogP contribution in [0.25, 0.3) is 11.3 Å². The molecule has 1 heterocycles. The van der Waals surface area contributed by atoms with Gasteiger partial charge in [-0.1, -0.05) is 31.5 Å². The molecule has 168 valence electrons. The quantitative estimate of drug-likeness (QED) is 0.294. The Kier molecular flexibility index (Phi) is 7.18. The summed E-state index contributed by atoms with van der Waals surface area (Å²) in [6.07, 6.45) is -3.17. The fraction of sp³-hybridized carbons (Fsp3) is 0.280. The number of hydrogen-bond acceptors (Lipinski definition) is 4. The van der Waals surface area contributed by atoms with Gasteiger partial charge in [0, 0.05) is 12.5 Å². The first kappa shape index (κ1) is 23.3. The lowest BCUT2D eigenvalue weighted by Gasteiger charge is -2.20. The maximum atomic E-state index is 12.8. The lowest BCUT2D eigenvalue weighted by molar-refractivity contribution is -0.137. The second-order valence-corrected chi connectivity index (χ2v) is 7.44. The number of carbonyl (C=O) groups excluding carboxylic acids is 1. The van der Waals surface area contributed by atoms with Gasteiger partial charge >= 0.3 is 12.1 Å². The third-order valence-corrected chi connectivity index (χ3v) is 4.84. The summed E-state index contributed by atoms with van der Waals surface area (Å²) in [5.74, 6) is 0.688. The summed E-state index contributed by atoms with van der Waals surface area (Å²) < 4.78 is 49.9. The number of hydrogen-bond donors (Lipinski definition) is 0. The molecule has 3 aromatic rings. The Bertz CT molecular complexity index is 1080. The van der Waals surface area contributed by atoms with Gasteiger partial charge in [-0.05, 0) is 61.4 Å². The minimum absolute atomic E-state index is 0.339. The molecule has 1 atom stereocenters. The van der Waals surface area contributed by atoms with Gasteiger partial charge in [0.2, 0.25) is 0 Å². The molecule has 0 spiro atoms. The molecule has 0 N–H and O–H groups in total. The minimum Gasteiger partial charge on any atom is -0.484 e. The van der Waals surface area contributed by atoms with Crippen LogP contribution in [0.4, 0.5) is 13.2 Å². The number of pyridine rings is 1. The third-order valence-electron chi connectivity index (χ3n) is 4.84. The maximum Gasteiger partial charge on any atom is 0.416 e. The van der Waals surface area contributed by atoms with Crippen LogP contribution in [0, 0.1) is 6.92 Å². The molecule has 2 aromatic carbocycles. The zero-order valence-corrected chi connectivity index (χ0v) is 18.1. The van der Waals surface area contributed by atoms with E-state index < -0.39 is 17.7 Å². The summed E-state index contributed by atoms with van der Waals surface area (Å²) in [6, 6.07) is 15.6. The van der Waals surface area contributed by atoms with Crippen LogP contribution < -0.4 is 9.47 Å². The zero-order chi connectivity index (χ0) is 23.3. The van der Waals surface area contributed by atoms with E-state index in [9.17, 15) is 18.0 Å². The molecule has 0 aliphatic rings. The number of benzene rings is 2. The first-order valence-electron chi connectivity index (χ1n) is 10.3. The van der Waals surface area contributed by atoms with Gasteiger partial charge in [-0.3, -0.25) is 4.79 Å². The minimum atomic E-state index is -4.38. The predicted octanol–water partition coefficient (Wildman–Crippen LogP) is 6.92. The van der Waals surface area contributed by atoms with Crippen molar-refractivity contribution in [2.24, 2.45) is 0 Å². The van der Waals surface area contributed by atoms with E-state index in [1.165, 1.54) is 19.1 Å². The molecular formula is C25H24F3NO3. The van der Waals surface area contributed by atoms with Crippen LogP contribution in [0.3, 0.4) is 0 Å². The first-order chi connectivity index (χ1) is 15.2. The average Bonchev–Trinajstić information content (AvgIpc) is 2.75. The normalized spacial score (nSPS) is 12.3. The molecule has 3 rings (SSSR count). The monoisotopic (exact) mass is 443 g/mol. The molecule has 0 amide bonds. The van der Waals surface area contributed by atoms with E-state index in [4.69, 9.17) is 9.47 Å². The molecule has 0 saturated heterocycles. The summed E-state index contributed by atoms with van der Waals surface area (Å²) in [6.45, 7) is 5.20. The molecular weight excluding hydrogens is 419 g/mol. The van der Waals surface area contributed by atoms with Crippen LogP contribution in [-0.4, -0.2) is 11.0 Å². The first-order valence-corrected chi connectivity index (χ1v) is 10.3. The van der Waals surface area contributed by atoms with E-state index in [-0.39, 0.29) is 6.10 Å². The number of aromatic nitrogens is 1. The van der Waals surface area contributed by atoms with Gasteiger partial charge < -0.3 is 9.47 Å². The van der Waals surface area contributed by atoms with Crippen LogP contribution in [0.2, 0.25) is 0 Å². The van der Waals surface area contributed by atoms with E-state index in [0.717, 1.165) is 24.1 Å². The van der Waals surface area contributed by atoms with Gasteiger partial charge in [-0.15, -0.1) is 0 Å². The Morgan fingerprint density at radius 2 is 1.78 bits per heavy atom. The second kappa shape index (κ2) is 9.85. The maximum absolute atomic E-state index is 12.8. The molecule has 0 fully saturated rings. The molecule has 0 aliphatic carbocycles. The Morgan fingerprint density at radius 3 is 2.38 bits per heavy atom. The van der Waals surface area contributed by atoms with Crippen molar-refractivity contribution in [2.45, 2.75) is 45.9 Å². The van der Waals surface area contributed by atoms with Crippen LogP contribution in [0.15, 0.2) is 60.7 Å². The molecule has 1 unspecified atom stereocenters. The summed E-state index contributed by atoms with van der Waals surface area (Å²) in [5.41, 5.74) is 1.92. The number of nitrogens with zero attached hydrogens (tertiary/aromatic N) is 1.